The van der Waals surface area contributed by atoms with Gasteiger partial charge in [-0.05, 0) is 47.5 Å². The predicted molar refractivity (Wildman–Crippen MR) is 143 cm³/mol. The van der Waals surface area contributed by atoms with Gasteiger partial charge in [0.2, 0.25) is 5.91 Å². The normalized spacial score (nSPS) is 11.2. The Hall–Kier alpha value is -5.24. The monoisotopic (exact) mass is 493 g/mol. The topological polar surface area (TPSA) is 132 Å². The number of carbonyl (C=O) groups excluding carboxylic acids is 1. The first kappa shape index (κ1) is 24.9. The summed E-state index contributed by atoms with van der Waals surface area (Å²) in [5, 5.41) is 20.5. The van der Waals surface area contributed by atoms with E-state index in [1.807, 2.05) is 60.7 Å². The molecule has 4 N–H and O–H groups in total. The van der Waals surface area contributed by atoms with Crippen LogP contribution in [0.4, 0.5) is 5.69 Å². The lowest BCUT2D eigenvalue weighted by molar-refractivity contribution is -0.132. The maximum absolute atomic E-state index is 11.3. The zero-order valence-electron chi connectivity index (χ0n) is 19.8. The van der Waals surface area contributed by atoms with Crippen LogP contribution in [0.2, 0.25) is 0 Å². The van der Waals surface area contributed by atoms with Gasteiger partial charge >= 0.3 is 11.9 Å². The number of amides is 1. The van der Waals surface area contributed by atoms with E-state index < -0.39 is 11.9 Å². The van der Waals surface area contributed by atoms with E-state index in [0.717, 1.165) is 45.7 Å². The van der Waals surface area contributed by atoms with E-state index in [9.17, 15) is 14.4 Å². The summed E-state index contributed by atoms with van der Waals surface area (Å²) in [5.41, 5.74) is 6.14. The number of benzene rings is 3. The molecule has 0 radical (unpaired) electrons. The molecule has 0 fully saturated rings. The van der Waals surface area contributed by atoms with Gasteiger partial charge in [0.15, 0.2) is 0 Å². The molecule has 4 rings (SSSR count). The lowest BCUT2D eigenvalue weighted by atomic mass is 10.0. The van der Waals surface area contributed by atoms with Crippen molar-refractivity contribution >= 4 is 35.7 Å². The molecule has 37 heavy (non-hydrogen) atoms. The summed E-state index contributed by atoms with van der Waals surface area (Å²) < 4.78 is 0. The smallest absolute Gasteiger partial charge is 0.328 e. The van der Waals surface area contributed by atoms with Crippen molar-refractivity contribution in [3.05, 3.63) is 96.1 Å². The zero-order valence-corrected chi connectivity index (χ0v) is 19.8. The van der Waals surface area contributed by atoms with Crippen molar-refractivity contribution in [1.29, 1.82) is 0 Å². The highest BCUT2D eigenvalue weighted by molar-refractivity contribution is 5.89. The molecule has 1 aromatic heterocycles. The number of carbonyl (C=O) groups is 3. The van der Waals surface area contributed by atoms with Crippen molar-refractivity contribution in [3.63, 3.8) is 0 Å². The summed E-state index contributed by atoms with van der Waals surface area (Å²) in [6.07, 6.45) is 5.20. The molecule has 0 aliphatic heterocycles. The summed E-state index contributed by atoms with van der Waals surface area (Å²) in [5.74, 6) is -1.56. The number of nitrogens with zero attached hydrogens (tertiary/aromatic N) is 1. The number of aliphatic carboxylic acids is 2. The third-order valence-electron chi connectivity index (χ3n) is 5.40. The van der Waals surface area contributed by atoms with Crippen LogP contribution in [-0.2, 0) is 14.4 Å². The summed E-state index contributed by atoms with van der Waals surface area (Å²) in [4.78, 5) is 41.2. The first-order chi connectivity index (χ1) is 17.8. The van der Waals surface area contributed by atoms with Crippen molar-refractivity contribution in [2.45, 2.75) is 6.92 Å². The van der Waals surface area contributed by atoms with E-state index in [1.165, 1.54) is 19.1 Å². The van der Waals surface area contributed by atoms with Crippen LogP contribution in [0.1, 0.15) is 18.1 Å². The molecule has 8 nitrogen and oxygen atoms in total. The molecule has 0 aliphatic carbocycles. The molecule has 184 valence electrons. The van der Waals surface area contributed by atoms with Crippen molar-refractivity contribution in [2.75, 3.05) is 5.32 Å². The summed E-state index contributed by atoms with van der Waals surface area (Å²) in [7, 11) is 0. The minimum atomic E-state index is -1.02. The predicted octanol–water partition coefficient (Wildman–Crippen LogP) is 5.56. The molecule has 1 amide bonds. The Labute approximate surface area is 212 Å². The lowest BCUT2D eigenvalue weighted by Gasteiger charge is -2.05. The van der Waals surface area contributed by atoms with Gasteiger partial charge in [-0.2, -0.15) is 0 Å². The number of imidazole rings is 1. The number of hydrogen-bond acceptors (Lipinski definition) is 4. The van der Waals surface area contributed by atoms with Gasteiger partial charge in [0.05, 0.1) is 11.4 Å². The molecular formula is C29H23N3O5. The van der Waals surface area contributed by atoms with Crippen molar-refractivity contribution < 1.29 is 24.6 Å². The number of nitrogens with one attached hydrogen (secondary N) is 2. The van der Waals surface area contributed by atoms with E-state index >= 15 is 0 Å². The van der Waals surface area contributed by atoms with E-state index in [2.05, 4.69) is 10.3 Å². The average molecular weight is 494 g/mol. The second-order valence-corrected chi connectivity index (χ2v) is 8.15. The third kappa shape index (κ3) is 6.46. The Morgan fingerprint density at radius 2 is 1.22 bits per heavy atom. The molecule has 0 spiro atoms. The maximum atomic E-state index is 11.3. The standard InChI is InChI=1S/C29H23N3O5/c1-18(33)30-24-14-12-23(13-15-24)29-31-27(21-8-2-19(3-9-21)6-16-25(34)35)28(32-29)22-10-4-20(5-11-22)7-17-26(36)37/h2-17H,1H3,(H,30,33)(H,31,32)(H,34,35)(H,36,37)/b16-6+,17-7+. The van der Waals surface area contributed by atoms with Gasteiger partial charge < -0.3 is 20.5 Å². The van der Waals surface area contributed by atoms with E-state index in [1.54, 1.807) is 12.1 Å². The van der Waals surface area contributed by atoms with Crippen LogP contribution in [0, 0.1) is 0 Å². The number of rotatable bonds is 8. The van der Waals surface area contributed by atoms with Gasteiger partial charge in [-0.3, -0.25) is 4.79 Å². The van der Waals surface area contributed by atoms with Gasteiger partial charge in [-0.15, -0.1) is 0 Å². The van der Waals surface area contributed by atoms with Crippen LogP contribution >= 0.6 is 0 Å². The highest BCUT2D eigenvalue weighted by Crippen LogP contribution is 2.34. The van der Waals surface area contributed by atoms with Gasteiger partial charge in [0.1, 0.15) is 5.82 Å². The van der Waals surface area contributed by atoms with Crippen molar-refractivity contribution in [3.8, 4) is 33.9 Å². The van der Waals surface area contributed by atoms with E-state index in [0.29, 0.717) is 17.2 Å². The number of carboxylic acid groups (broad SMARTS) is 2. The molecule has 0 bridgehead atoms. The fraction of sp³-hybridized carbons (Fsp3) is 0.0345. The van der Waals surface area contributed by atoms with Crippen molar-refractivity contribution in [1.82, 2.24) is 9.97 Å². The molecule has 1 heterocycles. The van der Waals surface area contributed by atoms with E-state index in [-0.39, 0.29) is 5.91 Å². The summed E-state index contributed by atoms with van der Waals surface area (Å²) in [6, 6.07) is 22.1. The molecule has 0 aliphatic rings. The molecule has 4 aromatic rings. The number of anilines is 1. The third-order valence-corrected chi connectivity index (χ3v) is 5.40. The molecular weight excluding hydrogens is 470 g/mol. The number of carboxylic acids is 2. The van der Waals surface area contributed by atoms with Crippen LogP contribution in [0.15, 0.2) is 84.9 Å². The van der Waals surface area contributed by atoms with Gasteiger partial charge in [0, 0.05) is 41.5 Å². The van der Waals surface area contributed by atoms with Crippen LogP contribution in [0.3, 0.4) is 0 Å². The van der Waals surface area contributed by atoms with Crippen LogP contribution in [0.5, 0.6) is 0 Å². The fourth-order valence-electron chi connectivity index (χ4n) is 3.69. The maximum Gasteiger partial charge on any atom is 0.328 e. The molecule has 0 atom stereocenters. The average Bonchev–Trinajstić information content (AvgIpc) is 3.32. The first-order valence-electron chi connectivity index (χ1n) is 11.3. The Morgan fingerprint density at radius 3 is 1.70 bits per heavy atom. The second kappa shape index (κ2) is 11.0. The molecule has 0 saturated heterocycles. The quantitative estimate of drug-likeness (QED) is 0.237. The van der Waals surface area contributed by atoms with Crippen molar-refractivity contribution in [2.24, 2.45) is 0 Å². The number of hydrogen-bond donors (Lipinski definition) is 4. The van der Waals surface area contributed by atoms with Gasteiger partial charge in [0.25, 0.3) is 0 Å². The SMILES string of the molecule is CC(=O)Nc1ccc(-c2nc(-c3ccc(/C=C/C(=O)O)cc3)c(-c3ccc(/C=C/C(=O)O)cc3)[nH]2)cc1. The second-order valence-electron chi connectivity index (χ2n) is 8.15. The minimum Gasteiger partial charge on any atom is -0.478 e. The zero-order chi connectivity index (χ0) is 26.4. The van der Waals surface area contributed by atoms with E-state index in [4.69, 9.17) is 15.2 Å². The fourth-order valence-corrected chi connectivity index (χ4v) is 3.69. The van der Waals surface area contributed by atoms with Crippen LogP contribution in [0.25, 0.3) is 46.1 Å². The highest BCUT2D eigenvalue weighted by atomic mass is 16.4. The summed E-state index contributed by atoms with van der Waals surface area (Å²) in [6.45, 7) is 1.45. The number of aromatic nitrogens is 2. The highest BCUT2D eigenvalue weighted by Gasteiger charge is 2.15. The summed E-state index contributed by atoms with van der Waals surface area (Å²) >= 11 is 0. The lowest BCUT2D eigenvalue weighted by Crippen LogP contribution is -2.05. The number of aromatic amines is 1. The Balaban J connectivity index is 1.74. The first-order valence-corrected chi connectivity index (χ1v) is 11.3. The Kier molecular flexibility index (Phi) is 7.40. The van der Waals surface area contributed by atoms with Gasteiger partial charge in [-0.1, -0.05) is 48.5 Å². The van der Waals surface area contributed by atoms with Crippen LogP contribution < -0.4 is 5.32 Å². The largest absolute Gasteiger partial charge is 0.478 e. The molecule has 0 saturated carbocycles. The molecule has 0 unspecified atom stereocenters. The molecule has 8 heteroatoms. The molecule has 3 aromatic carbocycles. The van der Waals surface area contributed by atoms with Crippen LogP contribution in [-0.4, -0.2) is 38.0 Å². The Morgan fingerprint density at radius 1 is 0.730 bits per heavy atom. The Bertz CT molecular complexity index is 1410. The minimum absolute atomic E-state index is 0.154. The number of H-pyrrole nitrogens is 1. The van der Waals surface area contributed by atoms with Gasteiger partial charge in [-0.25, -0.2) is 14.6 Å².